The fourth-order valence-electron chi connectivity index (χ4n) is 1.12. The monoisotopic (exact) mass is 211 g/mol. The quantitative estimate of drug-likeness (QED) is 0.496. The second-order valence-corrected chi connectivity index (χ2v) is 2.93. The number of nitriles is 1. The van der Waals surface area contributed by atoms with Crippen LogP contribution < -0.4 is 0 Å². The molecule has 0 heterocycles. The van der Waals surface area contributed by atoms with Crippen LogP contribution in [0.5, 0.6) is 0 Å². The van der Waals surface area contributed by atoms with Crippen LogP contribution >= 0.6 is 0 Å². The first-order valence-electron chi connectivity index (χ1n) is 4.23. The van der Waals surface area contributed by atoms with Crippen LogP contribution in [0.1, 0.15) is 12.8 Å². The van der Waals surface area contributed by atoms with Gasteiger partial charge in [0.25, 0.3) is 0 Å². The Morgan fingerprint density at radius 2 is 2.07 bits per heavy atom. The van der Waals surface area contributed by atoms with E-state index in [1.165, 1.54) is 13.2 Å². The molecule has 82 valence electrons. The molecule has 0 aliphatic rings. The zero-order valence-corrected chi connectivity index (χ0v) is 8.78. The van der Waals surface area contributed by atoms with Crippen molar-refractivity contribution in [2.45, 2.75) is 12.8 Å². The van der Waals surface area contributed by atoms with Crippen molar-refractivity contribution in [1.82, 2.24) is 0 Å². The van der Waals surface area contributed by atoms with Crippen molar-refractivity contribution >= 4 is 11.9 Å². The van der Waals surface area contributed by atoms with E-state index in [2.05, 4.69) is 16.1 Å². The number of carbonyl (C=O) groups excluding carboxylic acids is 2. The van der Waals surface area contributed by atoms with Gasteiger partial charge in [-0.25, -0.2) is 0 Å². The van der Waals surface area contributed by atoms with E-state index in [-0.39, 0.29) is 12.8 Å². The topological polar surface area (TPSA) is 76.4 Å². The van der Waals surface area contributed by atoms with E-state index in [1.807, 2.05) is 0 Å². The lowest BCUT2D eigenvalue weighted by Crippen LogP contribution is -2.33. The summed E-state index contributed by atoms with van der Waals surface area (Å²) in [6.07, 6.45) is 1.10. The maximum atomic E-state index is 11.4. The first-order valence-corrected chi connectivity index (χ1v) is 4.23. The Kier molecular flexibility index (Phi) is 5.10. The van der Waals surface area contributed by atoms with Gasteiger partial charge in [-0.2, -0.15) is 5.26 Å². The average Bonchev–Trinajstić information content (AvgIpc) is 2.26. The van der Waals surface area contributed by atoms with Crippen LogP contribution in [0, 0.1) is 16.7 Å². The predicted octanol–water partition coefficient (Wildman–Crippen LogP) is 0.809. The third kappa shape index (κ3) is 3.09. The molecule has 0 aromatic heterocycles. The zero-order valence-electron chi connectivity index (χ0n) is 8.78. The van der Waals surface area contributed by atoms with E-state index in [0.29, 0.717) is 0 Å². The molecule has 5 nitrogen and oxygen atoms in total. The molecule has 15 heavy (non-hydrogen) atoms. The van der Waals surface area contributed by atoms with Crippen molar-refractivity contribution in [2.75, 3.05) is 14.2 Å². The molecule has 0 aliphatic heterocycles. The number of carbonyl (C=O) groups is 2. The van der Waals surface area contributed by atoms with Gasteiger partial charge >= 0.3 is 11.9 Å². The van der Waals surface area contributed by atoms with Gasteiger partial charge in [0.1, 0.15) is 0 Å². The van der Waals surface area contributed by atoms with Gasteiger partial charge in [0.15, 0.2) is 5.41 Å². The minimum absolute atomic E-state index is 0.0469. The summed E-state index contributed by atoms with van der Waals surface area (Å²) in [5.41, 5.74) is -1.52. The summed E-state index contributed by atoms with van der Waals surface area (Å²) < 4.78 is 8.90. The highest BCUT2D eigenvalue weighted by atomic mass is 16.5. The molecule has 0 N–H and O–H groups in total. The van der Waals surface area contributed by atoms with Crippen molar-refractivity contribution in [3.05, 3.63) is 12.7 Å². The fourth-order valence-corrected chi connectivity index (χ4v) is 1.12. The van der Waals surface area contributed by atoms with Gasteiger partial charge in [0.05, 0.1) is 26.7 Å². The SMILES string of the molecule is C=CCC(C#N)(CC(=O)OC)C(=O)OC. The third-order valence-electron chi connectivity index (χ3n) is 1.96. The van der Waals surface area contributed by atoms with Crippen molar-refractivity contribution in [3.8, 4) is 6.07 Å². The molecule has 0 saturated carbocycles. The standard InChI is InChI=1S/C10H13NO4/c1-4-5-10(7-11,9(13)15-3)6-8(12)14-2/h4H,1,5-6H2,2-3H3. The van der Waals surface area contributed by atoms with Crippen molar-refractivity contribution in [1.29, 1.82) is 5.26 Å². The number of esters is 2. The van der Waals surface area contributed by atoms with Crippen molar-refractivity contribution in [2.24, 2.45) is 5.41 Å². The molecule has 0 bridgehead atoms. The highest BCUT2D eigenvalue weighted by Crippen LogP contribution is 2.28. The van der Waals surface area contributed by atoms with E-state index in [9.17, 15) is 9.59 Å². The summed E-state index contributed by atoms with van der Waals surface area (Å²) in [6.45, 7) is 3.43. The first kappa shape index (κ1) is 13.2. The summed E-state index contributed by atoms with van der Waals surface area (Å²) in [7, 11) is 2.35. The lowest BCUT2D eigenvalue weighted by Gasteiger charge is -2.20. The fraction of sp³-hybridized carbons (Fsp3) is 0.500. The Hall–Kier alpha value is -1.83. The van der Waals surface area contributed by atoms with E-state index >= 15 is 0 Å². The molecule has 0 radical (unpaired) electrons. The molecule has 0 aliphatic carbocycles. The summed E-state index contributed by atoms with van der Waals surface area (Å²) >= 11 is 0. The molecule has 1 atom stereocenters. The van der Waals surface area contributed by atoms with Crippen LogP contribution in [-0.2, 0) is 19.1 Å². The maximum Gasteiger partial charge on any atom is 0.327 e. The molecular formula is C10H13NO4. The van der Waals surface area contributed by atoms with Crippen LogP contribution in [0.2, 0.25) is 0 Å². The molecule has 5 heteroatoms. The van der Waals surface area contributed by atoms with Gasteiger partial charge in [0.2, 0.25) is 0 Å². The second-order valence-electron chi connectivity index (χ2n) is 2.93. The number of hydrogen-bond donors (Lipinski definition) is 0. The third-order valence-corrected chi connectivity index (χ3v) is 1.96. The first-order chi connectivity index (χ1) is 7.06. The van der Waals surface area contributed by atoms with Crippen LogP contribution in [0.25, 0.3) is 0 Å². The van der Waals surface area contributed by atoms with E-state index < -0.39 is 17.4 Å². The molecular weight excluding hydrogens is 198 g/mol. The van der Waals surface area contributed by atoms with Crippen LogP contribution in [0.15, 0.2) is 12.7 Å². The Balaban J connectivity index is 4.98. The number of methoxy groups -OCH3 is 2. The number of ether oxygens (including phenoxy) is 2. The van der Waals surface area contributed by atoms with Gasteiger partial charge in [-0.3, -0.25) is 9.59 Å². The van der Waals surface area contributed by atoms with E-state index in [0.717, 1.165) is 7.11 Å². The number of rotatable bonds is 5. The van der Waals surface area contributed by atoms with Gasteiger partial charge in [-0.1, -0.05) is 6.08 Å². The van der Waals surface area contributed by atoms with E-state index in [1.54, 1.807) is 6.07 Å². The van der Waals surface area contributed by atoms with Gasteiger partial charge in [-0.05, 0) is 6.42 Å². The molecule has 0 amide bonds. The zero-order chi connectivity index (χ0) is 11.9. The molecule has 0 aromatic carbocycles. The molecule has 0 spiro atoms. The van der Waals surface area contributed by atoms with Crippen molar-refractivity contribution in [3.63, 3.8) is 0 Å². The smallest absolute Gasteiger partial charge is 0.327 e. The Morgan fingerprint density at radius 3 is 2.40 bits per heavy atom. The maximum absolute atomic E-state index is 11.4. The molecule has 1 unspecified atom stereocenters. The summed E-state index contributed by atoms with van der Waals surface area (Å²) in [5, 5.41) is 8.95. The summed E-state index contributed by atoms with van der Waals surface area (Å²) in [4.78, 5) is 22.5. The average molecular weight is 211 g/mol. The molecule has 0 saturated heterocycles. The van der Waals surface area contributed by atoms with E-state index in [4.69, 9.17) is 5.26 Å². The van der Waals surface area contributed by atoms with Crippen LogP contribution in [0.4, 0.5) is 0 Å². The minimum Gasteiger partial charge on any atom is -0.469 e. The highest BCUT2D eigenvalue weighted by molar-refractivity contribution is 5.86. The lowest BCUT2D eigenvalue weighted by molar-refractivity contribution is -0.155. The number of allylic oxidation sites excluding steroid dienone is 1. The number of nitrogens with zero attached hydrogens (tertiary/aromatic N) is 1. The number of hydrogen-bond acceptors (Lipinski definition) is 5. The van der Waals surface area contributed by atoms with Gasteiger partial charge in [0, 0.05) is 0 Å². The van der Waals surface area contributed by atoms with Gasteiger partial charge < -0.3 is 9.47 Å². The Labute approximate surface area is 88.3 Å². The second kappa shape index (κ2) is 5.81. The summed E-state index contributed by atoms with van der Waals surface area (Å²) in [5.74, 6) is -1.39. The van der Waals surface area contributed by atoms with Crippen molar-refractivity contribution < 1.29 is 19.1 Å². The normalized spacial score (nSPS) is 13.1. The Morgan fingerprint density at radius 1 is 1.47 bits per heavy atom. The molecule has 0 aromatic rings. The summed E-state index contributed by atoms with van der Waals surface area (Å²) in [6, 6.07) is 1.79. The molecule has 0 rings (SSSR count). The highest BCUT2D eigenvalue weighted by Gasteiger charge is 2.41. The van der Waals surface area contributed by atoms with Crippen LogP contribution in [0.3, 0.4) is 0 Å². The van der Waals surface area contributed by atoms with Gasteiger partial charge in [-0.15, -0.1) is 6.58 Å². The molecule has 0 fully saturated rings. The Bertz CT molecular complexity index is 305. The van der Waals surface area contributed by atoms with Crippen LogP contribution in [-0.4, -0.2) is 26.2 Å². The predicted molar refractivity (Wildman–Crippen MR) is 51.5 cm³/mol. The largest absolute Gasteiger partial charge is 0.469 e. The minimum atomic E-state index is -1.52. The lowest BCUT2D eigenvalue weighted by atomic mass is 9.82.